The predicted octanol–water partition coefficient (Wildman–Crippen LogP) is 1.60. The maximum atomic E-state index is 13.4. The van der Waals surface area contributed by atoms with Crippen molar-refractivity contribution in [3.63, 3.8) is 0 Å². The van der Waals surface area contributed by atoms with Gasteiger partial charge in [0.15, 0.2) is 21.5 Å². The van der Waals surface area contributed by atoms with Crippen LogP contribution in [0.2, 0.25) is 0 Å². The average molecular weight is 485 g/mol. The number of benzene rings is 1. The highest BCUT2D eigenvalue weighted by atomic mass is 32.2. The first-order valence-corrected chi connectivity index (χ1v) is 12.2. The number of carbonyl (C=O) groups is 1. The number of nitrogens with zero attached hydrogens (tertiary/aromatic N) is 1. The van der Waals surface area contributed by atoms with Gasteiger partial charge in [0.2, 0.25) is 0 Å². The van der Waals surface area contributed by atoms with Crippen LogP contribution in [-0.2, 0) is 16.9 Å². The highest BCUT2D eigenvalue weighted by molar-refractivity contribution is 7.92. The summed E-state index contributed by atoms with van der Waals surface area (Å²) in [6.45, 7) is 1.38. The van der Waals surface area contributed by atoms with Crippen molar-refractivity contribution >= 4 is 21.4 Å². The zero-order valence-electron chi connectivity index (χ0n) is 18.1. The summed E-state index contributed by atoms with van der Waals surface area (Å²) in [5, 5.41) is 32.4. The Morgan fingerprint density at radius 2 is 1.79 bits per heavy atom. The van der Waals surface area contributed by atoms with Gasteiger partial charge in [-0.3, -0.25) is 4.79 Å². The predicted molar refractivity (Wildman–Crippen MR) is 114 cm³/mol. The van der Waals surface area contributed by atoms with E-state index in [0.29, 0.717) is 6.42 Å². The van der Waals surface area contributed by atoms with Crippen molar-refractivity contribution in [2.75, 3.05) is 5.32 Å². The summed E-state index contributed by atoms with van der Waals surface area (Å²) in [6.07, 6.45) is -0.351. The summed E-state index contributed by atoms with van der Waals surface area (Å²) in [6, 6.07) is 4.11. The molecule has 2 aromatic rings. The molecule has 1 aromatic heterocycles. The van der Waals surface area contributed by atoms with Crippen molar-refractivity contribution in [3.05, 3.63) is 47.8 Å². The van der Waals surface area contributed by atoms with E-state index in [-0.39, 0.29) is 29.1 Å². The molecule has 180 valence electrons. The van der Waals surface area contributed by atoms with Crippen LogP contribution >= 0.6 is 0 Å². The minimum atomic E-state index is -3.85. The fourth-order valence-electron chi connectivity index (χ4n) is 5.19. The molecule has 3 aliphatic carbocycles. The number of fused-ring (bicyclic) bond motifs is 2. The number of anilines is 1. The molecule has 4 atom stereocenters. The van der Waals surface area contributed by atoms with Crippen LogP contribution in [-0.4, -0.2) is 57.3 Å². The SMILES string of the molecule is C[C@H](O)[C@@H](O)C1(O)C2CC1CC(S(=O)(=O)c1cc(C(=O)Nc3ccc(F)c(F)c3)n(C)c1)C2. The average Bonchev–Trinajstić information content (AvgIpc) is 3.17. The van der Waals surface area contributed by atoms with Crippen LogP contribution in [0.25, 0.3) is 0 Å². The Morgan fingerprint density at radius 3 is 2.36 bits per heavy atom. The summed E-state index contributed by atoms with van der Waals surface area (Å²) in [5.74, 6) is -3.79. The molecule has 0 spiro atoms. The largest absolute Gasteiger partial charge is 0.391 e. The lowest BCUT2D eigenvalue weighted by Crippen LogP contribution is -2.69. The highest BCUT2D eigenvalue weighted by Crippen LogP contribution is 2.57. The monoisotopic (exact) mass is 484 g/mol. The molecule has 1 heterocycles. The van der Waals surface area contributed by atoms with Crippen LogP contribution in [0.15, 0.2) is 35.4 Å². The van der Waals surface area contributed by atoms with Gasteiger partial charge in [-0.1, -0.05) is 0 Å². The van der Waals surface area contributed by atoms with Crippen molar-refractivity contribution in [1.29, 1.82) is 0 Å². The molecule has 11 heteroatoms. The Kier molecular flexibility index (Phi) is 5.88. The van der Waals surface area contributed by atoms with Gasteiger partial charge in [0.05, 0.1) is 21.9 Å². The zero-order chi connectivity index (χ0) is 24.3. The second kappa shape index (κ2) is 8.15. The van der Waals surface area contributed by atoms with E-state index >= 15 is 0 Å². The quantitative estimate of drug-likeness (QED) is 0.493. The number of nitrogens with one attached hydrogen (secondary N) is 1. The molecule has 0 radical (unpaired) electrons. The van der Waals surface area contributed by atoms with Gasteiger partial charge in [-0.2, -0.15) is 0 Å². The van der Waals surface area contributed by atoms with E-state index in [9.17, 15) is 37.3 Å². The molecule has 1 aromatic carbocycles. The van der Waals surface area contributed by atoms with Gasteiger partial charge in [-0.15, -0.1) is 0 Å². The number of aliphatic hydroxyl groups excluding tert-OH is 2. The van der Waals surface area contributed by atoms with E-state index in [0.717, 1.165) is 12.1 Å². The number of hydrogen-bond acceptors (Lipinski definition) is 6. The molecular formula is C22H26F2N2O6S. The van der Waals surface area contributed by atoms with E-state index in [1.807, 2.05) is 0 Å². The second-order valence-corrected chi connectivity index (χ2v) is 11.3. The second-order valence-electron chi connectivity index (χ2n) is 9.10. The molecule has 3 fully saturated rings. The first-order valence-electron chi connectivity index (χ1n) is 10.6. The summed E-state index contributed by atoms with van der Waals surface area (Å²) >= 11 is 0. The molecule has 4 N–H and O–H groups in total. The summed E-state index contributed by atoms with van der Waals surface area (Å²) in [5.41, 5.74) is -1.47. The smallest absolute Gasteiger partial charge is 0.272 e. The number of aliphatic hydroxyl groups is 3. The van der Waals surface area contributed by atoms with Crippen molar-refractivity contribution < 1.29 is 37.3 Å². The number of amides is 1. The van der Waals surface area contributed by atoms with Crippen LogP contribution in [0.3, 0.4) is 0 Å². The third-order valence-corrected chi connectivity index (χ3v) is 9.20. The minimum absolute atomic E-state index is 0.0142. The Morgan fingerprint density at radius 1 is 1.15 bits per heavy atom. The van der Waals surface area contributed by atoms with Crippen molar-refractivity contribution in [2.45, 2.75) is 54.1 Å². The molecule has 0 saturated heterocycles. The van der Waals surface area contributed by atoms with Gasteiger partial charge in [0.25, 0.3) is 5.91 Å². The summed E-state index contributed by atoms with van der Waals surface area (Å²) < 4.78 is 54.4. The standard InChI is InChI=1S/C22H26F2N2O6S/c1-11(27)20(28)22(30)12-5-13(22)7-15(6-12)33(31,32)16-9-19(26(2)10-16)21(29)25-14-3-4-17(23)18(24)8-14/h3-4,8-13,15,20,27-28,30H,5-7H2,1-2H3,(H,25,29)/t11-,12?,13?,15?,20+,22?/m0/s1. The normalized spacial score (nSPS) is 28.6. The Labute approximate surface area is 189 Å². The molecule has 3 aliphatic rings. The Hall–Kier alpha value is -2.34. The number of aryl methyl sites for hydroxylation is 1. The lowest BCUT2D eigenvalue weighted by Gasteiger charge is -2.60. The van der Waals surface area contributed by atoms with Crippen LogP contribution in [0.5, 0.6) is 0 Å². The van der Waals surface area contributed by atoms with Crippen LogP contribution in [0.4, 0.5) is 14.5 Å². The topological polar surface area (TPSA) is 129 Å². The van der Waals surface area contributed by atoms with Gasteiger partial charge in [0, 0.05) is 25.0 Å². The van der Waals surface area contributed by atoms with Crippen molar-refractivity contribution in [3.8, 4) is 0 Å². The maximum absolute atomic E-state index is 13.4. The lowest BCUT2D eigenvalue weighted by atomic mass is 9.51. The van der Waals surface area contributed by atoms with E-state index in [4.69, 9.17) is 0 Å². The molecule has 8 nitrogen and oxygen atoms in total. The maximum Gasteiger partial charge on any atom is 0.272 e. The molecule has 2 bridgehead atoms. The third-order valence-electron chi connectivity index (χ3n) is 7.06. The summed E-state index contributed by atoms with van der Waals surface area (Å²) in [7, 11) is -2.35. The van der Waals surface area contributed by atoms with E-state index in [1.165, 1.54) is 36.9 Å². The summed E-state index contributed by atoms with van der Waals surface area (Å²) in [4.78, 5) is 12.5. The first kappa shape index (κ1) is 23.8. The molecule has 0 aliphatic heterocycles. The third kappa shape index (κ3) is 3.86. The number of carbonyl (C=O) groups excluding carboxylic acids is 1. The molecular weight excluding hydrogens is 458 g/mol. The van der Waals surface area contributed by atoms with Gasteiger partial charge >= 0.3 is 0 Å². The minimum Gasteiger partial charge on any atom is -0.391 e. The Bertz CT molecular complexity index is 1180. The van der Waals surface area contributed by atoms with E-state index < -0.39 is 62.3 Å². The van der Waals surface area contributed by atoms with E-state index in [1.54, 1.807) is 0 Å². The molecule has 33 heavy (non-hydrogen) atoms. The molecule has 1 amide bonds. The van der Waals surface area contributed by atoms with Crippen LogP contribution in [0, 0.1) is 23.5 Å². The van der Waals surface area contributed by atoms with Crippen molar-refractivity contribution in [1.82, 2.24) is 4.57 Å². The molecule has 5 rings (SSSR count). The number of hydrogen-bond donors (Lipinski definition) is 4. The number of sulfone groups is 1. The number of halogens is 2. The lowest BCUT2D eigenvalue weighted by molar-refractivity contribution is -0.249. The van der Waals surface area contributed by atoms with Gasteiger partial charge < -0.3 is 25.2 Å². The van der Waals surface area contributed by atoms with Crippen LogP contribution in [0.1, 0.15) is 36.7 Å². The molecule has 2 unspecified atom stereocenters. The number of aromatic nitrogens is 1. The zero-order valence-corrected chi connectivity index (χ0v) is 18.9. The van der Waals surface area contributed by atoms with Gasteiger partial charge in [0.1, 0.15) is 11.8 Å². The van der Waals surface area contributed by atoms with E-state index in [2.05, 4.69) is 5.32 Å². The first-order chi connectivity index (χ1) is 15.4. The van der Waals surface area contributed by atoms with Gasteiger partial charge in [-0.05, 0) is 56.2 Å². The fraction of sp³-hybridized carbons (Fsp3) is 0.500. The highest BCUT2D eigenvalue weighted by Gasteiger charge is 2.63. The molecule has 3 saturated carbocycles. The van der Waals surface area contributed by atoms with Crippen molar-refractivity contribution in [2.24, 2.45) is 18.9 Å². The number of rotatable bonds is 6. The van der Waals surface area contributed by atoms with Gasteiger partial charge in [-0.25, -0.2) is 17.2 Å². The Balaban J connectivity index is 1.52. The fourth-order valence-corrected chi connectivity index (χ4v) is 7.13. The van der Waals surface area contributed by atoms with Crippen LogP contribution < -0.4 is 5.32 Å².